The topological polar surface area (TPSA) is 79.5 Å². The van der Waals surface area contributed by atoms with Crippen molar-refractivity contribution in [2.75, 3.05) is 6.54 Å². The van der Waals surface area contributed by atoms with E-state index in [4.69, 9.17) is 4.74 Å². The molecule has 0 aromatic carbocycles. The van der Waals surface area contributed by atoms with Crippen LogP contribution >= 0.6 is 0 Å². The maximum atomic E-state index is 12.1. The van der Waals surface area contributed by atoms with Crippen LogP contribution in [0, 0.1) is 5.92 Å². The Bertz CT molecular complexity index is 443. The van der Waals surface area contributed by atoms with Gasteiger partial charge in [-0.1, -0.05) is 12.8 Å². The Morgan fingerprint density at radius 3 is 2.42 bits per heavy atom. The molecule has 6 heteroatoms. The first-order valence-electron chi connectivity index (χ1n) is 9.28. The Morgan fingerprint density at radius 1 is 1.12 bits per heavy atom. The molecule has 2 amide bonds. The van der Waals surface area contributed by atoms with Gasteiger partial charge in [0.15, 0.2) is 0 Å². The van der Waals surface area contributed by atoms with Gasteiger partial charge in [-0.3, -0.25) is 4.79 Å². The number of hydrogen-bond donors (Lipinski definition) is 3. The van der Waals surface area contributed by atoms with E-state index in [0.717, 1.165) is 32.1 Å². The molecular weight excluding hydrogens is 306 g/mol. The lowest BCUT2D eigenvalue weighted by atomic mass is 9.84. The maximum absolute atomic E-state index is 12.1. The molecule has 0 aliphatic heterocycles. The molecule has 2 aliphatic rings. The largest absolute Gasteiger partial charge is 0.444 e. The van der Waals surface area contributed by atoms with Gasteiger partial charge in [-0.2, -0.15) is 0 Å². The van der Waals surface area contributed by atoms with Crippen LogP contribution in [0.5, 0.6) is 0 Å². The van der Waals surface area contributed by atoms with Gasteiger partial charge in [-0.25, -0.2) is 4.79 Å². The van der Waals surface area contributed by atoms with Gasteiger partial charge in [0.25, 0.3) is 0 Å². The van der Waals surface area contributed by atoms with Crippen molar-refractivity contribution in [3.05, 3.63) is 0 Å². The van der Waals surface area contributed by atoms with Crippen LogP contribution in [0.25, 0.3) is 0 Å². The Hall–Kier alpha value is -1.30. The van der Waals surface area contributed by atoms with Crippen molar-refractivity contribution in [1.82, 2.24) is 16.0 Å². The Kier molecular flexibility index (Phi) is 6.49. The number of hydrogen-bond acceptors (Lipinski definition) is 4. The monoisotopic (exact) mass is 339 g/mol. The summed E-state index contributed by atoms with van der Waals surface area (Å²) in [6.45, 7) is 8.08. The lowest BCUT2D eigenvalue weighted by Gasteiger charge is -2.34. The number of rotatable bonds is 6. The molecular formula is C18H33N3O3. The van der Waals surface area contributed by atoms with Gasteiger partial charge in [0.1, 0.15) is 5.60 Å². The average Bonchev–Trinajstić information content (AvgIpc) is 3.28. The summed E-state index contributed by atoms with van der Waals surface area (Å²) in [6.07, 6.45) is 6.27. The molecule has 2 aliphatic carbocycles. The fourth-order valence-corrected chi connectivity index (χ4v) is 3.15. The molecule has 2 saturated carbocycles. The normalized spacial score (nSPS) is 25.7. The standard InChI is InChI=1S/C18H33N3O3/c1-12(16(22)21-14-9-10-14)20-15-8-6-5-7-13(15)11-19-17(23)24-18(2,3)4/h12-15,20H,5-11H2,1-4H3,(H,19,23)(H,21,22). The lowest BCUT2D eigenvalue weighted by molar-refractivity contribution is -0.123. The number of alkyl carbamates (subject to hydrolysis) is 1. The predicted molar refractivity (Wildman–Crippen MR) is 93.7 cm³/mol. The zero-order valence-electron chi connectivity index (χ0n) is 15.5. The minimum atomic E-state index is -0.482. The van der Waals surface area contributed by atoms with Crippen molar-refractivity contribution in [1.29, 1.82) is 0 Å². The predicted octanol–water partition coefficient (Wildman–Crippen LogP) is 2.33. The third kappa shape index (κ3) is 6.67. The van der Waals surface area contributed by atoms with E-state index in [1.165, 1.54) is 6.42 Å². The van der Waals surface area contributed by atoms with Crippen LogP contribution in [0.15, 0.2) is 0 Å². The SMILES string of the molecule is CC(NC1CCCCC1CNC(=O)OC(C)(C)C)C(=O)NC1CC1. The van der Waals surface area contributed by atoms with Crippen LogP contribution in [0.3, 0.4) is 0 Å². The van der Waals surface area contributed by atoms with Gasteiger partial charge in [-0.05, 0) is 59.3 Å². The quantitative estimate of drug-likeness (QED) is 0.694. The first-order valence-corrected chi connectivity index (χ1v) is 9.28. The van der Waals surface area contributed by atoms with Crippen molar-refractivity contribution in [2.45, 2.75) is 89.9 Å². The van der Waals surface area contributed by atoms with E-state index < -0.39 is 5.60 Å². The van der Waals surface area contributed by atoms with Crippen molar-refractivity contribution in [3.63, 3.8) is 0 Å². The van der Waals surface area contributed by atoms with Gasteiger partial charge in [-0.15, -0.1) is 0 Å². The van der Waals surface area contributed by atoms with Gasteiger partial charge < -0.3 is 20.7 Å². The van der Waals surface area contributed by atoms with Gasteiger partial charge >= 0.3 is 6.09 Å². The first-order chi connectivity index (χ1) is 11.2. The van der Waals surface area contributed by atoms with E-state index >= 15 is 0 Å². The number of ether oxygens (including phenoxy) is 1. The summed E-state index contributed by atoms with van der Waals surface area (Å²) < 4.78 is 5.30. The van der Waals surface area contributed by atoms with E-state index in [1.54, 1.807) is 0 Å². The fourth-order valence-electron chi connectivity index (χ4n) is 3.15. The Balaban J connectivity index is 1.78. The molecule has 24 heavy (non-hydrogen) atoms. The first kappa shape index (κ1) is 19.0. The number of nitrogens with one attached hydrogen (secondary N) is 3. The molecule has 0 radical (unpaired) electrons. The van der Waals surface area contributed by atoms with E-state index in [1.807, 2.05) is 27.7 Å². The number of carbonyl (C=O) groups excluding carboxylic acids is 2. The second-order valence-electron chi connectivity index (χ2n) is 8.21. The highest BCUT2D eigenvalue weighted by atomic mass is 16.6. The molecule has 3 unspecified atom stereocenters. The van der Waals surface area contributed by atoms with Crippen LogP contribution in [0.4, 0.5) is 4.79 Å². The molecule has 0 heterocycles. The summed E-state index contributed by atoms with van der Waals surface area (Å²) in [4.78, 5) is 24.0. The van der Waals surface area contributed by atoms with Gasteiger partial charge in [0, 0.05) is 18.6 Å². The third-order valence-electron chi connectivity index (χ3n) is 4.60. The average molecular weight is 339 g/mol. The number of carbonyl (C=O) groups is 2. The van der Waals surface area contributed by atoms with Crippen molar-refractivity contribution in [2.24, 2.45) is 5.92 Å². The molecule has 3 N–H and O–H groups in total. The minimum Gasteiger partial charge on any atom is -0.444 e. The Labute approximate surface area is 145 Å². The zero-order chi connectivity index (χ0) is 17.7. The highest BCUT2D eigenvalue weighted by Gasteiger charge is 2.30. The van der Waals surface area contributed by atoms with Crippen LogP contribution in [-0.2, 0) is 9.53 Å². The molecule has 0 spiro atoms. The maximum Gasteiger partial charge on any atom is 0.407 e. The summed E-state index contributed by atoms with van der Waals surface area (Å²) in [5, 5.41) is 9.39. The summed E-state index contributed by atoms with van der Waals surface area (Å²) in [6, 6.07) is 0.448. The van der Waals surface area contributed by atoms with E-state index in [2.05, 4.69) is 16.0 Å². The van der Waals surface area contributed by atoms with Crippen molar-refractivity contribution < 1.29 is 14.3 Å². The lowest BCUT2D eigenvalue weighted by Crippen LogP contribution is -2.52. The third-order valence-corrected chi connectivity index (χ3v) is 4.60. The van der Waals surface area contributed by atoms with Gasteiger partial charge in [0.2, 0.25) is 5.91 Å². The van der Waals surface area contributed by atoms with Gasteiger partial charge in [0.05, 0.1) is 6.04 Å². The van der Waals surface area contributed by atoms with Crippen molar-refractivity contribution in [3.8, 4) is 0 Å². The molecule has 0 aromatic rings. The molecule has 2 rings (SSSR count). The second-order valence-corrected chi connectivity index (χ2v) is 8.21. The molecule has 2 fully saturated rings. The zero-order valence-corrected chi connectivity index (χ0v) is 15.5. The molecule has 3 atom stereocenters. The summed E-state index contributed by atoms with van der Waals surface area (Å²) >= 11 is 0. The molecule has 0 saturated heterocycles. The molecule has 138 valence electrons. The summed E-state index contributed by atoms with van der Waals surface area (Å²) in [5.41, 5.74) is -0.482. The van der Waals surface area contributed by atoms with Crippen LogP contribution in [0.1, 0.15) is 66.2 Å². The number of amides is 2. The molecule has 0 aromatic heterocycles. The minimum absolute atomic E-state index is 0.0851. The smallest absolute Gasteiger partial charge is 0.407 e. The van der Waals surface area contributed by atoms with Crippen LogP contribution in [0.2, 0.25) is 0 Å². The molecule has 0 bridgehead atoms. The van der Waals surface area contributed by atoms with E-state index in [0.29, 0.717) is 18.5 Å². The summed E-state index contributed by atoms with van der Waals surface area (Å²) in [5.74, 6) is 0.421. The summed E-state index contributed by atoms with van der Waals surface area (Å²) in [7, 11) is 0. The second kappa shape index (κ2) is 8.19. The van der Waals surface area contributed by atoms with Crippen LogP contribution < -0.4 is 16.0 Å². The highest BCUT2D eigenvalue weighted by Crippen LogP contribution is 2.25. The van der Waals surface area contributed by atoms with Crippen LogP contribution in [-0.4, -0.2) is 42.3 Å². The Morgan fingerprint density at radius 2 is 1.79 bits per heavy atom. The van der Waals surface area contributed by atoms with E-state index in [9.17, 15) is 9.59 Å². The highest BCUT2D eigenvalue weighted by molar-refractivity contribution is 5.81. The van der Waals surface area contributed by atoms with Crippen molar-refractivity contribution >= 4 is 12.0 Å². The fraction of sp³-hybridized carbons (Fsp3) is 0.889. The van der Waals surface area contributed by atoms with E-state index in [-0.39, 0.29) is 24.1 Å². The molecule has 6 nitrogen and oxygen atoms in total.